The first-order valence-electron chi connectivity index (χ1n) is 6.16. The van der Waals surface area contributed by atoms with Crippen LogP contribution in [0.15, 0.2) is 22.8 Å². The number of nitrogens with zero attached hydrogens (tertiary/aromatic N) is 3. The third-order valence-corrected chi connectivity index (χ3v) is 3.28. The normalized spacial score (nSPS) is 12.3. The number of ether oxygens (including phenoxy) is 1. The molecule has 0 aliphatic carbocycles. The Hall–Kier alpha value is -1.67. The van der Waals surface area contributed by atoms with Gasteiger partial charge in [0.05, 0.1) is 11.1 Å². The van der Waals surface area contributed by atoms with Crippen molar-refractivity contribution in [2.45, 2.75) is 13.0 Å². The second kappa shape index (κ2) is 6.67. The lowest BCUT2D eigenvalue weighted by atomic mass is 10.3. The van der Waals surface area contributed by atoms with E-state index < -0.39 is 6.04 Å². The summed E-state index contributed by atoms with van der Waals surface area (Å²) < 4.78 is 7.36. The number of hydrogen-bond donors (Lipinski definition) is 2. The van der Waals surface area contributed by atoms with Gasteiger partial charge in [-0.05, 0) is 35.0 Å². The molecule has 1 unspecified atom stereocenters. The zero-order valence-corrected chi connectivity index (χ0v) is 12.8. The minimum Gasteiger partial charge on any atom is -0.383 e. The molecule has 108 valence electrons. The first kappa shape index (κ1) is 14.7. The molecule has 7 nitrogen and oxygen atoms in total. The number of nitrogens with one attached hydrogen (secondary N) is 2. The summed E-state index contributed by atoms with van der Waals surface area (Å²) in [5.41, 5.74) is 0.696. The lowest BCUT2D eigenvalue weighted by molar-refractivity contribution is -0.121. The number of halogens is 1. The Morgan fingerprint density at radius 3 is 3.10 bits per heavy atom. The highest BCUT2D eigenvalue weighted by Crippen LogP contribution is 2.16. The fraction of sp³-hybridized carbons (Fsp3) is 0.417. The fourth-order valence-corrected chi connectivity index (χ4v) is 2.05. The summed E-state index contributed by atoms with van der Waals surface area (Å²) in [6, 6.07) is 3.31. The van der Waals surface area contributed by atoms with Gasteiger partial charge in [-0.1, -0.05) is 0 Å². The Labute approximate surface area is 124 Å². The monoisotopic (exact) mass is 341 g/mol. The molecule has 2 aromatic heterocycles. The van der Waals surface area contributed by atoms with Crippen LogP contribution in [0.2, 0.25) is 0 Å². The molecule has 0 saturated heterocycles. The van der Waals surface area contributed by atoms with Crippen LogP contribution < -0.4 is 10.6 Å². The van der Waals surface area contributed by atoms with Crippen LogP contribution in [-0.2, 0) is 9.53 Å². The van der Waals surface area contributed by atoms with E-state index in [1.807, 2.05) is 12.1 Å². The summed E-state index contributed by atoms with van der Waals surface area (Å²) in [7, 11) is 1.59. The number of fused-ring (bicyclic) bond motifs is 1. The van der Waals surface area contributed by atoms with Crippen LogP contribution in [0.25, 0.3) is 5.65 Å². The van der Waals surface area contributed by atoms with E-state index in [9.17, 15) is 4.79 Å². The summed E-state index contributed by atoms with van der Waals surface area (Å²) in [4.78, 5) is 16.1. The van der Waals surface area contributed by atoms with E-state index in [1.54, 1.807) is 24.7 Å². The van der Waals surface area contributed by atoms with E-state index in [0.29, 0.717) is 24.7 Å². The maximum absolute atomic E-state index is 11.8. The second-order valence-electron chi connectivity index (χ2n) is 4.21. The molecular formula is C12H16BrN5O2. The molecule has 2 aromatic rings. The van der Waals surface area contributed by atoms with Gasteiger partial charge in [-0.3, -0.25) is 4.79 Å². The number of carbonyl (C=O) groups excluding carboxylic acids is 1. The van der Waals surface area contributed by atoms with E-state index in [-0.39, 0.29) is 5.91 Å². The predicted octanol–water partition coefficient (Wildman–Crippen LogP) is 1.05. The molecule has 0 fully saturated rings. The molecule has 0 aliphatic rings. The summed E-state index contributed by atoms with van der Waals surface area (Å²) in [6.45, 7) is 2.71. The molecular weight excluding hydrogens is 326 g/mol. The molecule has 0 radical (unpaired) electrons. The third kappa shape index (κ3) is 3.45. The Balaban J connectivity index is 2.00. The van der Waals surface area contributed by atoms with Gasteiger partial charge in [-0.15, -0.1) is 5.10 Å². The summed E-state index contributed by atoms with van der Waals surface area (Å²) in [5.74, 6) is 0.284. The van der Waals surface area contributed by atoms with E-state index in [1.165, 1.54) is 0 Å². The predicted molar refractivity (Wildman–Crippen MR) is 78.7 cm³/mol. The number of pyridine rings is 1. The Morgan fingerprint density at radius 1 is 1.60 bits per heavy atom. The van der Waals surface area contributed by atoms with Crippen LogP contribution in [-0.4, -0.2) is 46.8 Å². The number of anilines is 1. The van der Waals surface area contributed by atoms with Gasteiger partial charge < -0.3 is 15.4 Å². The molecule has 0 aliphatic heterocycles. The van der Waals surface area contributed by atoms with Crippen LogP contribution >= 0.6 is 15.9 Å². The fourth-order valence-electron chi connectivity index (χ4n) is 1.62. The molecule has 1 atom stereocenters. The van der Waals surface area contributed by atoms with Crippen molar-refractivity contribution in [3.8, 4) is 0 Å². The molecule has 0 saturated carbocycles. The Morgan fingerprint density at radius 2 is 2.40 bits per heavy atom. The molecule has 0 spiro atoms. The van der Waals surface area contributed by atoms with Crippen molar-refractivity contribution in [2.24, 2.45) is 0 Å². The van der Waals surface area contributed by atoms with Gasteiger partial charge in [0.15, 0.2) is 5.65 Å². The highest BCUT2D eigenvalue weighted by atomic mass is 79.9. The molecule has 0 aromatic carbocycles. The molecule has 2 N–H and O–H groups in total. The maximum Gasteiger partial charge on any atom is 0.243 e. The van der Waals surface area contributed by atoms with Crippen molar-refractivity contribution in [3.63, 3.8) is 0 Å². The van der Waals surface area contributed by atoms with Crippen molar-refractivity contribution >= 4 is 33.4 Å². The number of carbonyl (C=O) groups is 1. The quantitative estimate of drug-likeness (QED) is 0.768. The maximum atomic E-state index is 11.8. The average Bonchev–Trinajstić information content (AvgIpc) is 2.83. The van der Waals surface area contributed by atoms with Crippen molar-refractivity contribution < 1.29 is 9.53 Å². The van der Waals surface area contributed by atoms with Crippen molar-refractivity contribution in [1.82, 2.24) is 19.9 Å². The zero-order valence-electron chi connectivity index (χ0n) is 11.3. The van der Waals surface area contributed by atoms with E-state index in [2.05, 4.69) is 36.6 Å². The Kier molecular flexibility index (Phi) is 4.91. The van der Waals surface area contributed by atoms with E-state index in [4.69, 9.17) is 4.74 Å². The van der Waals surface area contributed by atoms with Crippen LogP contribution in [0.3, 0.4) is 0 Å². The summed E-state index contributed by atoms with van der Waals surface area (Å²) >= 11 is 3.40. The van der Waals surface area contributed by atoms with Crippen molar-refractivity contribution in [2.75, 3.05) is 25.6 Å². The lowest BCUT2D eigenvalue weighted by Crippen LogP contribution is -2.39. The number of rotatable bonds is 6. The minimum absolute atomic E-state index is 0.125. The van der Waals surface area contributed by atoms with Crippen molar-refractivity contribution in [3.05, 3.63) is 22.8 Å². The smallest absolute Gasteiger partial charge is 0.243 e. The topological polar surface area (TPSA) is 80.5 Å². The standard InChI is InChI=1S/C12H16BrN5O2/c1-8(11(19)14-5-7-20-2)15-12-16-10-9(13)4-3-6-18(10)17-12/h3-4,6,8H,5,7H2,1-2H3,(H,14,19)(H,15,17). The molecule has 1 amide bonds. The van der Waals surface area contributed by atoms with Gasteiger partial charge in [0.1, 0.15) is 6.04 Å². The largest absolute Gasteiger partial charge is 0.383 e. The second-order valence-corrected chi connectivity index (χ2v) is 5.06. The zero-order chi connectivity index (χ0) is 14.5. The van der Waals surface area contributed by atoms with E-state index in [0.717, 1.165) is 4.47 Å². The molecule has 8 heteroatoms. The first-order valence-corrected chi connectivity index (χ1v) is 6.95. The summed E-state index contributed by atoms with van der Waals surface area (Å²) in [6.07, 6.45) is 1.79. The van der Waals surface area contributed by atoms with Crippen LogP contribution in [0, 0.1) is 0 Å². The molecule has 2 rings (SSSR count). The highest BCUT2D eigenvalue weighted by molar-refractivity contribution is 9.10. The van der Waals surface area contributed by atoms with Crippen LogP contribution in [0.5, 0.6) is 0 Å². The Bertz CT molecular complexity index is 601. The SMILES string of the molecule is COCCNC(=O)C(C)Nc1nc2c(Br)cccn2n1. The number of methoxy groups -OCH3 is 1. The van der Waals surface area contributed by atoms with Gasteiger partial charge in [-0.25, -0.2) is 4.52 Å². The van der Waals surface area contributed by atoms with Gasteiger partial charge in [-0.2, -0.15) is 4.98 Å². The first-order chi connectivity index (χ1) is 9.61. The minimum atomic E-state index is -0.428. The van der Waals surface area contributed by atoms with Crippen LogP contribution in [0.1, 0.15) is 6.92 Å². The summed E-state index contributed by atoms with van der Waals surface area (Å²) in [5, 5.41) is 9.97. The van der Waals surface area contributed by atoms with Crippen molar-refractivity contribution in [1.29, 1.82) is 0 Å². The van der Waals surface area contributed by atoms with E-state index >= 15 is 0 Å². The average molecular weight is 342 g/mol. The lowest BCUT2D eigenvalue weighted by Gasteiger charge is -2.12. The molecule has 0 bridgehead atoms. The third-order valence-electron chi connectivity index (χ3n) is 2.66. The highest BCUT2D eigenvalue weighted by Gasteiger charge is 2.15. The molecule has 2 heterocycles. The van der Waals surface area contributed by atoms with Crippen LogP contribution in [0.4, 0.5) is 5.95 Å². The molecule has 20 heavy (non-hydrogen) atoms. The van der Waals surface area contributed by atoms with Gasteiger partial charge in [0.25, 0.3) is 0 Å². The van der Waals surface area contributed by atoms with Gasteiger partial charge in [0, 0.05) is 19.9 Å². The number of hydrogen-bond acceptors (Lipinski definition) is 5. The van der Waals surface area contributed by atoms with Gasteiger partial charge in [0.2, 0.25) is 11.9 Å². The number of amides is 1. The van der Waals surface area contributed by atoms with Gasteiger partial charge >= 0.3 is 0 Å². The number of aromatic nitrogens is 3.